The van der Waals surface area contributed by atoms with Gasteiger partial charge in [0.2, 0.25) is 0 Å². The molecule has 0 aliphatic carbocycles. The van der Waals surface area contributed by atoms with E-state index in [9.17, 15) is 14.9 Å². The molecule has 1 saturated heterocycles. The summed E-state index contributed by atoms with van der Waals surface area (Å²) >= 11 is 0. The highest BCUT2D eigenvalue weighted by atomic mass is 16.6. The summed E-state index contributed by atoms with van der Waals surface area (Å²) in [5, 5.41) is 13.9. The van der Waals surface area contributed by atoms with Crippen LogP contribution in [0.15, 0.2) is 42.5 Å². The molecule has 0 radical (unpaired) electrons. The Kier molecular flexibility index (Phi) is 6.66. The summed E-state index contributed by atoms with van der Waals surface area (Å²) in [6.45, 7) is 6.39. The summed E-state index contributed by atoms with van der Waals surface area (Å²) in [6.07, 6.45) is 0. The van der Waals surface area contributed by atoms with Gasteiger partial charge in [-0.05, 0) is 25.1 Å². The van der Waals surface area contributed by atoms with Gasteiger partial charge in [-0.1, -0.05) is 18.2 Å². The van der Waals surface area contributed by atoms with E-state index < -0.39 is 4.92 Å². The third kappa shape index (κ3) is 4.83. The highest BCUT2D eigenvalue weighted by Crippen LogP contribution is 2.28. The molecule has 0 unspecified atom stereocenters. The minimum atomic E-state index is -0.465. The number of hydrogen-bond donors (Lipinski definition) is 1. The number of carbonyl (C=O) groups is 1. The van der Waals surface area contributed by atoms with Gasteiger partial charge in [0, 0.05) is 56.5 Å². The fourth-order valence-electron chi connectivity index (χ4n) is 3.59. The smallest absolute Gasteiger partial charge is 0.273 e. The van der Waals surface area contributed by atoms with E-state index in [1.807, 2.05) is 18.2 Å². The Hall–Kier alpha value is -3.13. The summed E-state index contributed by atoms with van der Waals surface area (Å²) < 4.78 is 5.45. The lowest BCUT2D eigenvalue weighted by Crippen LogP contribution is -2.48. The summed E-state index contributed by atoms with van der Waals surface area (Å²) in [5.41, 5.74) is 1.80. The number of rotatable bonds is 7. The number of hydrogen-bond acceptors (Lipinski definition) is 6. The predicted octanol–water partition coefficient (Wildman–Crippen LogP) is 2.46. The Morgan fingerprint density at radius 3 is 2.55 bits per heavy atom. The van der Waals surface area contributed by atoms with Gasteiger partial charge in [0.1, 0.15) is 5.75 Å². The number of piperazine rings is 1. The van der Waals surface area contributed by atoms with Gasteiger partial charge in [-0.3, -0.25) is 19.8 Å². The second kappa shape index (κ2) is 9.38. The van der Waals surface area contributed by atoms with Crippen molar-refractivity contribution in [2.45, 2.75) is 6.92 Å². The largest absolute Gasteiger partial charge is 0.495 e. The number of nitro groups is 1. The standard InChI is InChI=1S/C21H26N4O4/c1-16-17(6-5-8-18(16)25(27)28)21(26)22-10-11-23-12-14-24(15-13-23)19-7-3-4-9-20(19)29-2/h3-9H,10-15H2,1-2H3,(H,22,26). The van der Waals surface area contributed by atoms with Gasteiger partial charge in [-0.25, -0.2) is 0 Å². The Labute approximate surface area is 170 Å². The molecule has 8 nitrogen and oxygen atoms in total. The van der Waals surface area contributed by atoms with Crippen molar-refractivity contribution >= 4 is 17.3 Å². The van der Waals surface area contributed by atoms with Gasteiger partial charge >= 0.3 is 0 Å². The van der Waals surface area contributed by atoms with Crippen molar-refractivity contribution in [3.63, 3.8) is 0 Å². The van der Waals surface area contributed by atoms with Crippen molar-refractivity contribution in [2.75, 3.05) is 51.3 Å². The quantitative estimate of drug-likeness (QED) is 0.569. The van der Waals surface area contributed by atoms with Crippen LogP contribution in [0, 0.1) is 17.0 Å². The fourth-order valence-corrected chi connectivity index (χ4v) is 3.59. The number of nitro benzene ring substituents is 1. The molecular formula is C21H26N4O4. The van der Waals surface area contributed by atoms with E-state index in [4.69, 9.17) is 4.74 Å². The van der Waals surface area contributed by atoms with Gasteiger partial charge in [-0.15, -0.1) is 0 Å². The second-order valence-electron chi connectivity index (χ2n) is 6.96. The molecule has 0 saturated carbocycles. The zero-order chi connectivity index (χ0) is 20.8. The minimum absolute atomic E-state index is 0.0369. The number of nitrogens with zero attached hydrogens (tertiary/aromatic N) is 3. The average Bonchev–Trinajstić information content (AvgIpc) is 2.74. The first-order valence-electron chi connectivity index (χ1n) is 9.63. The van der Waals surface area contributed by atoms with E-state index in [1.165, 1.54) is 12.1 Å². The fraction of sp³-hybridized carbons (Fsp3) is 0.381. The van der Waals surface area contributed by atoms with Crippen LogP contribution in [0.25, 0.3) is 0 Å². The number of carbonyl (C=O) groups excluding carboxylic acids is 1. The Bertz CT molecular complexity index is 879. The number of methoxy groups -OCH3 is 1. The first kappa shape index (κ1) is 20.6. The second-order valence-corrected chi connectivity index (χ2v) is 6.96. The van der Waals surface area contributed by atoms with E-state index >= 15 is 0 Å². The molecule has 0 aromatic heterocycles. The predicted molar refractivity (Wildman–Crippen MR) is 112 cm³/mol. The molecule has 1 amide bonds. The van der Waals surface area contributed by atoms with Crippen LogP contribution in [0.1, 0.15) is 15.9 Å². The van der Waals surface area contributed by atoms with E-state index in [1.54, 1.807) is 20.1 Å². The third-order valence-electron chi connectivity index (χ3n) is 5.26. The molecule has 0 bridgehead atoms. The van der Waals surface area contributed by atoms with E-state index in [-0.39, 0.29) is 11.6 Å². The molecule has 1 aliphatic rings. The lowest BCUT2D eigenvalue weighted by atomic mass is 10.1. The SMILES string of the molecule is COc1ccccc1N1CCN(CCNC(=O)c2cccc([N+](=O)[O-])c2C)CC1. The lowest BCUT2D eigenvalue weighted by molar-refractivity contribution is -0.385. The molecule has 0 spiro atoms. The van der Waals surface area contributed by atoms with Crippen molar-refractivity contribution in [2.24, 2.45) is 0 Å². The lowest BCUT2D eigenvalue weighted by Gasteiger charge is -2.36. The maximum Gasteiger partial charge on any atom is 0.273 e. The molecule has 2 aromatic rings. The van der Waals surface area contributed by atoms with Crippen LogP contribution in [0.4, 0.5) is 11.4 Å². The maximum absolute atomic E-state index is 12.4. The van der Waals surface area contributed by atoms with Crippen LogP contribution in [-0.2, 0) is 0 Å². The molecule has 1 aliphatic heterocycles. The topological polar surface area (TPSA) is 88.0 Å². The Morgan fingerprint density at radius 1 is 1.14 bits per heavy atom. The van der Waals surface area contributed by atoms with Gasteiger partial charge in [0.05, 0.1) is 17.7 Å². The zero-order valence-electron chi connectivity index (χ0n) is 16.8. The maximum atomic E-state index is 12.4. The van der Waals surface area contributed by atoms with Gasteiger partial charge in [0.25, 0.3) is 11.6 Å². The van der Waals surface area contributed by atoms with Crippen molar-refractivity contribution in [1.29, 1.82) is 0 Å². The van der Waals surface area contributed by atoms with Gasteiger partial charge < -0.3 is 15.0 Å². The molecule has 2 aromatic carbocycles. The van der Waals surface area contributed by atoms with Gasteiger partial charge in [-0.2, -0.15) is 0 Å². The number of ether oxygens (including phenoxy) is 1. The van der Waals surface area contributed by atoms with Crippen LogP contribution < -0.4 is 15.0 Å². The van der Waals surface area contributed by atoms with Crippen LogP contribution in [0.5, 0.6) is 5.75 Å². The third-order valence-corrected chi connectivity index (χ3v) is 5.26. The van der Waals surface area contributed by atoms with Crippen molar-refractivity contribution in [1.82, 2.24) is 10.2 Å². The van der Waals surface area contributed by atoms with E-state index in [0.29, 0.717) is 17.7 Å². The Balaban J connectivity index is 1.48. The van der Waals surface area contributed by atoms with Gasteiger partial charge in [0.15, 0.2) is 0 Å². The van der Waals surface area contributed by atoms with Crippen molar-refractivity contribution in [3.8, 4) is 5.75 Å². The van der Waals surface area contributed by atoms with Crippen LogP contribution in [0.3, 0.4) is 0 Å². The number of anilines is 1. The first-order chi connectivity index (χ1) is 14.0. The van der Waals surface area contributed by atoms with Crippen LogP contribution in [-0.4, -0.2) is 62.1 Å². The molecule has 1 fully saturated rings. The average molecular weight is 398 g/mol. The summed E-state index contributed by atoms with van der Waals surface area (Å²) in [6, 6.07) is 12.6. The van der Waals surface area contributed by atoms with Crippen LogP contribution >= 0.6 is 0 Å². The number of amides is 1. The van der Waals surface area contributed by atoms with Crippen LogP contribution in [0.2, 0.25) is 0 Å². The van der Waals surface area contributed by atoms with Crippen molar-refractivity contribution in [3.05, 3.63) is 63.7 Å². The molecule has 1 N–H and O–H groups in total. The van der Waals surface area contributed by atoms with Crippen molar-refractivity contribution < 1.29 is 14.5 Å². The summed E-state index contributed by atoms with van der Waals surface area (Å²) in [7, 11) is 1.68. The minimum Gasteiger partial charge on any atom is -0.495 e. The van der Waals surface area contributed by atoms with E-state index in [0.717, 1.165) is 44.2 Å². The zero-order valence-corrected chi connectivity index (χ0v) is 16.8. The molecule has 154 valence electrons. The summed E-state index contributed by atoms with van der Waals surface area (Å²) in [5.74, 6) is 0.597. The molecule has 0 atom stereocenters. The Morgan fingerprint density at radius 2 is 1.86 bits per heavy atom. The molecular weight excluding hydrogens is 372 g/mol. The number of benzene rings is 2. The monoisotopic (exact) mass is 398 g/mol. The molecule has 8 heteroatoms. The first-order valence-corrected chi connectivity index (χ1v) is 9.63. The van der Waals surface area contributed by atoms with E-state index in [2.05, 4.69) is 21.2 Å². The molecule has 1 heterocycles. The molecule has 29 heavy (non-hydrogen) atoms. The highest BCUT2D eigenvalue weighted by molar-refractivity contribution is 5.96. The number of nitrogens with one attached hydrogen (secondary N) is 1. The summed E-state index contributed by atoms with van der Waals surface area (Å²) in [4.78, 5) is 27.6. The molecule has 3 rings (SSSR count). The highest BCUT2D eigenvalue weighted by Gasteiger charge is 2.20. The number of para-hydroxylation sites is 2. The normalized spacial score (nSPS) is 14.5.